The van der Waals surface area contributed by atoms with Gasteiger partial charge in [-0.2, -0.15) is 0 Å². The Morgan fingerprint density at radius 1 is 1.19 bits per heavy atom. The standard InChI is InChI=1S/C12H24N2O.ClH/c1-3-14(4-2)12(15)9-10-5-7-11(13)8-6-10;/h10-11H,3-9,13H2,1-2H3;1H. The molecule has 1 fully saturated rings. The van der Waals surface area contributed by atoms with Crippen LogP contribution in [0, 0.1) is 5.92 Å². The van der Waals surface area contributed by atoms with Gasteiger partial charge in [0, 0.05) is 25.6 Å². The predicted octanol–water partition coefficient (Wildman–Crippen LogP) is 2.18. The van der Waals surface area contributed by atoms with E-state index >= 15 is 0 Å². The molecule has 0 atom stereocenters. The lowest BCUT2D eigenvalue weighted by atomic mass is 9.84. The lowest BCUT2D eigenvalue weighted by Crippen LogP contribution is -2.34. The highest BCUT2D eigenvalue weighted by molar-refractivity contribution is 5.85. The fourth-order valence-electron chi connectivity index (χ4n) is 2.34. The molecule has 0 saturated heterocycles. The van der Waals surface area contributed by atoms with Crippen molar-refractivity contribution in [2.45, 2.75) is 52.0 Å². The third-order valence-corrected chi connectivity index (χ3v) is 3.47. The van der Waals surface area contributed by atoms with Crippen molar-refractivity contribution in [3.63, 3.8) is 0 Å². The van der Waals surface area contributed by atoms with Crippen molar-refractivity contribution < 1.29 is 4.79 Å². The van der Waals surface area contributed by atoms with Crippen LogP contribution in [0.4, 0.5) is 0 Å². The highest BCUT2D eigenvalue weighted by Gasteiger charge is 2.22. The van der Waals surface area contributed by atoms with Gasteiger partial charge in [0.05, 0.1) is 0 Å². The summed E-state index contributed by atoms with van der Waals surface area (Å²) in [5.41, 5.74) is 5.84. The predicted molar refractivity (Wildman–Crippen MR) is 69.7 cm³/mol. The first-order chi connectivity index (χ1) is 7.17. The summed E-state index contributed by atoms with van der Waals surface area (Å²) < 4.78 is 0. The van der Waals surface area contributed by atoms with E-state index in [1.165, 1.54) is 0 Å². The molecule has 4 heteroatoms. The topological polar surface area (TPSA) is 46.3 Å². The van der Waals surface area contributed by atoms with Crippen LogP contribution in [0.1, 0.15) is 46.0 Å². The Kier molecular flexibility index (Phi) is 7.77. The average Bonchev–Trinajstić information content (AvgIpc) is 2.23. The molecule has 2 N–H and O–H groups in total. The molecule has 0 heterocycles. The summed E-state index contributed by atoms with van der Waals surface area (Å²) in [6.07, 6.45) is 5.18. The molecule has 1 rings (SSSR count). The third kappa shape index (κ3) is 4.71. The number of rotatable bonds is 4. The fraction of sp³-hybridized carbons (Fsp3) is 0.917. The molecule has 0 aromatic rings. The first-order valence-corrected chi connectivity index (χ1v) is 6.20. The molecule has 0 radical (unpaired) electrons. The summed E-state index contributed by atoms with van der Waals surface area (Å²) in [6.45, 7) is 5.75. The number of nitrogens with zero attached hydrogens (tertiary/aromatic N) is 1. The van der Waals surface area contributed by atoms with E-state index in [-0.39, 0.29) is 12.4 Å². The van der Waals surface area contributed by atoms with E-state index in [1.54, 1.807) is 0 Å². The van der Waals surface area contributed by atoms with E-state index in [1.807, 2.05) is 18.7 Å². The van der Waals surface area contributed by atoms with Crippen LogP contribution in [0.25, 0.3) is 0 Å². The van der Waals surface area contributed by atoms with Crippen molar-refractivity contribution in [1.29, 1.82) is 0 Å². The van der Waals surface area contributed by atoms with Crippen LogP contribution < -0.4 is 5.73 Å². The minimum atomic E-state index is 0. The quantitative estimate of drug-likeness (QED) is 0.829. The minimum Gasteiger partial charge on any atom is -0.343 e. The van der Waals surface area contributed by atoms with Gasteiger partial charge in [0.1, 0.15) is 0 Å². The first kappa shape index (κ1) is 15.7. The number of hydrogen-bond donors (Lipinski definition) is 1. The van der Waals surface area contributed by atoms with Gasteiger partial charge in [0.15, 0.2) is 0 Å². The van der Waals surface area contributed by atoms with Crippen molar-refractivity contribution in [3.05, 3.63) is 0 Å². The molecule has 1 aliphatic carbocycles. The highest BCUT2D eigenvalue weighted by Crippen LogP contribution is 2.26. The maximum atomic E-state index is 11.8. The van der Waals surface area contributed by atoms with E-state index in [4.69, 9.17) is 5.73 Å². The van der Waals surface area contributed by atoms with E-state index in [0.717, 1.165) is 45.2 Å². The van der Waals surface area contributed by atoms with Crippen LogP contribution in [0.5, 0.6) is 0 Å². The molecule has 1 amide bonds. The van der Waals surface area contributed by atoms with Gasteiger partial charge in [0.2, 0.25) is 5.91 Å². The van der Waals surface area contributed by atoms with Gasteiger partial charge in [-0.1, -0.05) is 0 Å². The fourth-order valence-corrected chi connectivity index (χ4v) is 2.34. The van der Waals surface area contributed by atoms with E-state index in [0.29, 0.717) is 17.9 Å². The molecule has 0 bridgehead atoms. The van der Waals surface area contributed by atoms with E-state index in [2.05, 4.69) is 0 Å². The van der Waals surface area contributed by atoms with Gasteiger partial charge in [-0.05, 0) is 45.4 Å². The zero-order chi connectivity index (χ0) is 11.3. The maximum Gasteiger partial charge on any atom is 0.222 e. The third-order valence-electron chi connectivity index (χ3n) is 3.47. The van der Waals surface area contributed by atoms with Crippen molar-refractivity contribution in [2.24, 2.45) is 11.7 Å². The smallest absolute Gasteiger partial charge is 0.222 e. The largest absolute Gasteiger partial charge is 0.343 e. The van der Waals surface area contributed by atoms with Crippen LogP contribution in [-0.2, 0) is 4.79 Å². The molecule has 16 heavy (non-hydrogen) atoms. The van der Waals surface area contributed by atoms with Crippen LogP contribution in [0.3, 0.4) is 0 Å². The van der Waals surface area contributed by atoms with Crippen molar-refractivity contribution in [3.8, 4) is 0 Å². The molecular weight excluding hydrogens is 224 g/mol. The van der Waals surface area contributed by atoms with Gasteiger partial charge in [-0.15, -0.1) is 12.4 Å². The van der Waals surface area contributed by atoms with Crippen LogP contribution >= 0.6 is 12.4 Å². The number of halogens is 1. The number of carbonyl (C=O) groups is 1. The van der Waals surface area contributed by atoms with Gasteiger partial charge < -0.3 is 10.6 Å². The maximum absolute atomic E-state index is 11.8. The Hall–Kier alpha value is -0.280. The second-order valence-corrected chi connectivity index (χ2v) is 4.55. The Morgan fingerprint density at radius 2 is 1.69 bits per heavy atom. The van der Waals surface area contributed by atoms with Crippen molar-refractivity contribution in [2.75, 3.05) is 13.1 Å². The molecular formula is C12H25ClN2O. The molecule has 96 valence electrons. The van der Waals surface area contributed by atoms with Gasteiger partial charge in [-0.3, -0.25) is 4.79 Å². The summed E-state index contributed by atoms with van der Waals surface area (Å²) in [4.78, 5) is 13.8. The SMILES string of the molecule is CCN(CC)C(=O)CC1CCC(N)CC1.Cl. The average molecular weight is 249 g/mol. The minimum absolute atomic E-state index is 0. The van der Waals surface area contributed by atoms with Gasteiger partial charge >= 0.3 is 0 Å². The molecule has 3 nitrogen and oxygen atoms in total. The molecule has 0 unspecified atom stereocenters. The number of amides is 1. The monoisotopic (exact) mass is 248 g/mol. The molecule has 0 spiro atoms. The Labute approximate surface area is 105 Å². The number of carbonyl (C=O) groups excluding carboxylic acids is 1. The molecule has 1 aliphatic rings. The molecule has 0 aromatic heterocycles. The Morgan fingerprint density at radius 3 is 2.12 bits per heavy atom. The number of hydrogen-bond acceptors (Lipinski definition) is 2. The van der Waals surface area contributed by atoms with E-state index in [9.17, 15) is 4.79 Å². The summed E-state index contributed by atoms with van der Waals surface area (Å²) >= 11 is 0. The van der Waals surface area contributed by atoms with Crippen LogP contribution in [0.15, 0.2) is 0 Å². The molecule has 1 saturated carbocycles. The second-order valence-electron chi connectivity index (χ2n) is 4.55. The summed E-state index contributed by atoms with van der Waals surface area (Å²) in [5, 5.41) is 0. The lowest BCUT2D eigenvalue weighted by Gasteiger charge is -2.27. The normalized spacial score (nSPS) is 24.7. The van der Waals surface area contributed by atoms with Gasteiger partial charge in [-0.25, -0.2) is 0 Å². The lowest BCUT2D eigenvalue weighted by molar-refractivity contribution is -0.132. The molecule has 0 aromatic carbocycles. The Bertz CT molecular complexity index is 199. The first-order valence-electron chi connectivity index (χ1n) is 6.20. The van der Waals surface area contributed by atoms with Gasteiger partial charge in [0.25, 0.3) is 0 Å². The van der Waals surface area contributed by atoms with Crippen LogP contribution in [-0.4, -0.2) is 29.9 Å². The summed E-state index contributed by atoms with van der Waals surface area (Å²) in [7, 11) is 0. The second kappa shape index (κ2) is 7.91. The molecule has 0 aliphatic heterocycles. The zero-order valence-corrected chi connectivity index (χ0v) is 11.3. The van der Waals surface area contributed by atoms with Crippen LogP contribution in [0.2, 0.25) is 0 Å². The van der Waals surface area contributed by atoms with Crippen molar-refractivity contribution in [1.82, 2.24) is 4.90 Å². The number of nitrogens with two attached hydrogens (primary N) is 1. The van der Waals surface area contributed by atoms with E-state index < -0.39 is 0 Å². The summed E-state index contributed by atoms with van der Waals surface area (Å²) in [6, 6.07) is 0.379. The highest BCUT2D eigenvalue weighted by atomic mass is 35.5. The van der Waals surface area contributed by atoms with Crippen molar-refractivity contribution >= 4 is 18.3 Å². The Balaban J connectivity index is 0.00000225. The zero-order valence-electron chi connectivity index (χ0n) is 10.4. The summed E-state index contributed by atoms with van der Waals surface area (Å²) in [5.74, 6) is 0.901.